The van der Waals surface area contributed by atoms with Crippen LogP contribution in [0.5, 0.6) is 5.75 Å². The van der Waals surface area contributed by atoms with Crippen LogP contribution >= 0.6 is 47.9 Å². The quantitative estimate of drug-likeness (QED) is 0.0313. The first-order valence-corrected chi connectivity index (χ1v) is 24.8. The van der Waals surface area contributed by atoms with Gasteiger partial charge in [-0.1, -0.05) is 67.7 Å². The summed E-state index contributed by atoms with van der Waals surface area (Å²) in [5.74, 6) is 0.753. The Morgan fingerprint density at radius 1 is 1.02 bits per heavy atom. The van der Waals surface area contributed by atoms with Crippen LogP contribution in [0.2, 0.25) is 0 Å². The van der Waals surface area contributed by atoms with E-state index in [9.17, 15) is 28.8 Å². The lowest BCUT2D eigenvalue weighted by molar-refractivity contribution is -0.384. The van der Waals surface area contributed by atoms with Crippen molar-refractivity contribution in [3.8, 4) is 5.75 Å². The number of nitro groups is 1. The Kier molecular flexibility index (Phi) is 25.2. The third-order valence-corrected chi connectivity index (χ3v) is 11.6. The molecule has 2 aromatic rings. The molecule has 3 N–H and O–H groups in total. The van der Waals surface area contributed by atoms with E-state index in [1.165, 1.54) is 53.8 Å². The minimum Gasteiger partial charge on any atom is -0.422 e. The number of unbranched alkanes of at least 4 members (excludes halogenated alkanes) is 1. The number of benzene rings is 1. The number of hydrogen-bond acceptors (Lipinski definition) is 13. The summed E-state index contributed by atoms with van der Waals surface area (Å²) in [6.07, 6.45) is 26.6. The summed E-state index contributed by atoms with van der Waals surface area (Å²) in [5, 5.41) is 13.1. The van der Waals surface area contributed by atoms with Crippen molar-refractivity contribution in [2.24, 2.45) is 0 Å². The molecule has 20 heteroatoms. The first kappa shape index (κ1) is 50.7. The van der Waals surface area contributed by atoms with Crippen molar-refractivity contribution in [2.45, 2.75) is 76.4 Å². The van der Waals surface area contributed by atoms with Gasteiger partial charge in [0.2, 0.25) is 5.91 Å². The molecule has 1 aliphatic heterocycles. The van der Waals surface area contributed by atoms with Crippen molar-refractivity contribution in [3.05, 3.63) is 118 Å². The fraction of sp³-hybridized carbons (Fsp3) is 0.447. The molecule has 0 spiro atoms. The molecule has 15 nitrogen and oxygen atoms in total. The summed E-state index contributed by atoms with van der Waals surface area (Å²) in [4.78, 5) is 37.6. The number of ether oxygens (including phenoxy) is 1. The zero-order valence-corrected chi connectivity index (χ0v) is 36.8. The van der Waals surface area contributed by atoms with Crippen LogP contribution in [0.25, 0.3) is 0 Å². The smallest absolute Gasteiger partial charge is 0.422 e. The Morgan fingerprint density at radius 2 is 1.62 bits per heavy atom. The number of anilines is 1. The summed E-state index contributed by atoms with van der Waals surface area (Å²) in [7, 11) is -2.00. The second-order valence-corrected chi connectivity index (χ2v) is 20.0. The predicted octanol–water partition coefficient (Wildman–Crippen LogP) is 10.3. The van der Waals surface area contributed by atoms with E-state index in [1.54, 1.807) is 6.20 Å². The summed E-state index contributed by atoms with van der Waals surface area (Å²) in [6.45, 7) is 2.58. The Bertz CT molecular complexity index is 1850. The molecule has 3 rings (SSSR count). The molecule has 320 valence electrons. The normalized spacial score (nSPS) is 17.0. The lowest BCUT2D eigenvalue weighted by atomic mass is 10.2. The van der Waals surface area contributed by atoms with Crippen molar-refractivity contribution in [3.63, 3.8) is 0 Å². The topological polar surface area (TPSA) is 204 Å². The molecule has 2 heterocycles. The number of amides is 1. The highest BCUT2D eigenvalue weighted by Gasteiger charge is 2.31. The zero-order chi connectivity index (χ0) is 42.7. The molecule has 58 heavy (non-hydrogen) atoms. The molecule has 0 radical (unpaired) electrons. The number of nitrogens with one attached hydrogen (secondary N) is 1. The number of rotatable bonds is 25. The highest BCUT2D eigenvalue weighted by molar-refractivity contribution is 8.05. The lowest BCUT2D eigenvalue weighted by Gasteiger charge is -2.19. The molecular formula is C38H53Cl2N5O10P2S. The molecule has 1 amide bonds. The summed E-state index contributed by atoms with van der Waals surface area (Å²) >= 11 is 11.7. The number of nitro benzene ring substituents is 1. The van der Waals surface area contributed by atoms with E-state index in [4.69, 9.17) is 42.0 Å². The van der Waals surface area contributed by atoms with Crippen molar-refractivity contribution >= 4 is 65.3 Å². The Hall–Kier alpha value is -3.46. The van der Waals surface area contributed by atoms with Crippen LogP contribution in [-0.4, -0.2) is 58.0 Å². The van der Waals surface area contributed by atoms with Gasteiger partial charge in [0.15, 0.2) is 0 Å². The molecule has 3 atom stereocenters. The second kappa shape index (κ2) is 28.9. The number of nitrogens with two attached hydrogens (primary N) is 1. The van der Waals surface area contributed by atoms with E-state index in [0.717, 1.165) is 44.9 Å². The largest absolute Gasteiger partial charge is 0.428 e. The van der Waals surface area contributed by atoms with E-state index in [0.29, 0.717) is 25.1 Å². The molecular weight excluding hydrogens is 851 g/mol. The van der Waals surface area contributed by atoms with Gasteiger partial charge in [0.05, 0.1) is 17.7 Å². The van der Waals surface area contributed by atoms with E-state index in [-0.39, 0.29) is 35.9 Å². The molecule has 1 aromatic carbocycles. The number of nitrogen functional groups attached to an aromatic ring is 1. The van der Waals surface area contributed by atoms with Crippen LogP contribution in [0.4, 0.5) is 11.5 Å². The third kappa shape index (κ3) is 23.2. The third-order valence-electron chi connectivity index (χ3n) is 7.70. The monoisotopic (exact) mass is 903 g/mol. The molecule has 1 fully saturated rings. The predicted molar refractivity (Wildman–Crippen MR) is 234 cm³/mol. The number of carbonyl (C=O) groups is 1. The molecule has 0 aliphatic carbocycles. The van der Waals surface area contributed by atoms with Gasteiger partial charge in [0.1, 0.15) is 23.2 Å². The number of non-ortho nitro benzene ring substituents is 1. The Morgan fingerprint density at radius 3 is 2.17 bits per heavy atom. The summed E-state index contributed by atoms with van der Waals surface area (Å²) in [6, 6.07) is 6.44. The molecule has 1 saturated heterocycles. The molecule has 1 aromatic heterocycles. The maximum atomic E-state index is 13.0. The van der Waals surface area contributed by atoms with Crippen molar-refractivity contribution in [2.75, 3.05) is 37.9 Å². The number of thioether (sulfide) groups is 1. The van der Waals surface area contributed by atoms with Gasteiger partial charge in [-0.05, 0) is 69.6 Å². The summed E-state index contributed by atoms with van der Waals surface area (Å²) in [5.41, 5.74) is 4.54. The lowest BCUT2D eigenvalue weighted by Crippen LogP contribution is -2.28. The van der Waals surface area contributed by atoms with Crippen LogP contribution in [0.15, 0.2) is 102 Å². The van der Waals surface area contributed by atoms with Crippen LogP contribution < -0.4 is 21.3 Å². The number of allylic oxidation sites excluding steroid dienone is 10. The highest BCUT2D eigenvalue weighted by atomic mass is 35.9. The SMILES string of the molecule is CC/C=C\C/C=C\C/C=C\C/C=C\C/C=C\CCCC(=O)NCCCP(=O)(OC)OC[C@@H]1OC(n2ccc(N)nc2=O)CS1.O=[N+]([O-])c1ccc(OP(=O)(Cl)Cl)cc1. The number of carbonyl (C=O) groups excluding carboxylic acids is 1. The fourth-order valence-electron chi connectivity index (χ4n) is 4.79. The Labute approximate surface area is 353 Å². The van der Waals surface area contributed by atoms with E-state index in [1.807, 2.05) is 0 Å². The van der Waals surface area contributed by atoms with Crippen molar-refractivity contribution in [1.29, 1.82) is 0 Å². The van der Waals surface area contributed by atoms with E-state index < -0.39 is 35.9 Å². The number of nitrogens with zero attached hydrogens (tertiary/aromatic N) is 3. The number of halogens is 2. The average Bonchev–Trinajstić information content (AvgIpc) is 3.65. The molecule has 1 aliphatic rings. The maximum Gasteiger partial charge on any atom is 0.428 e. The number of hydrogen-bond donors (Lipinski definition) is 2. The molecule has 2 unspecified atom stereocenters. The number of aromatic nitrogens is 2. The molecule has 0 saturated carbocycles. The van der Waals surface area contributed by atoms with E-state index in [2.05, 4.69) is 82.5 Å². The van der Waals surface area contributed by atoms with Crippen LogP contribution in [0, 0.1) is 10.1 Å². The van der Waals surface area contributed by atoms with Crippen LogP contribution in [0.1, 0.15) is 70.9 Å². The first-order chi connectivity index (χ1) is 27.7. The zero-order valence-electron chi connectivity index (χ0n) is 32.6. The van der Waals surface area contributed by atoms with E-state index >= 15 is 0 Å². The van der Waals surface area contributed by atoms with Crippen LogP contribution in [-0.2, 0) is 27.7 Å². The van der Waals surface area contributed by atoms with Gasteiger partial charge in [-0.25, -0.2) is 9.36 Å². The van der Waals surface area contributed by atoms with Gasteiger partial charge in [-0.15, -0.1) is 11.8 Å². The van der Waals surface area contributed by atoms with Crippen LogP contribution in [0.3, 0.4) is 0 Å². The minimum absolute atomic E-state index is 0.0280. The van der Waals surface area contributed by atoms with Gasteiger partial charge >= 0.3 is 19.4 Å². The van der Waals surface area contributed by atoms with Gasteiger partial charge in [-0.3, -0.25) is 24.0 Å². The average molecular weight is 905 g/mol. The van der Waals surface area contributed by atoms with Gasteiger partial charge in [-0.2, -0.15) is 4.98 Å². The standard InChI is InChI=1S/C32H49N4O6PS.C6H4Cl2NO4P/c1-3-4-5-6-7-8-9-10-11-12-13-14-15-16-17-18-19-21-29(37)34-23-20-25-43(39,40-2)41-26-31-42-30(27-44-31)36-24-22-28(33)35-32(36)38;7-14(8,12)13-6-3-1-5(2-4-6)9(10)11/h4-5,7-8,10-11,13-14,16-17,22,24,30-31H,3,6,9,12,15,18-21,23,25-27H2,1-2H3,(H,34,37)(H2,33,35,38);1-4H/b5-4-,8-7-,11-10-,14-13-,17-16-;/t30?,31-,43?;/m1./s1. The maximum absolute atomic E-state index is 13.0. The Balaban J connectivity index is 0.000000695. The van der Waals surface area contributed by atoms with Crippen molar-refractivity contribution in [1.82, 2.24) is 14.9 Å². The van der Waals surface area contributed by atoms with Gasteiger partial charge < -0.3 is 29.4 Å². The molecule has 0 bridgehead atoms. The summed E-state index contributed by atoms with van der Waals surface area (Å²) < 4.78 is 46.3. The van der Waals surface area contributed by atoms with Gasteiger partial charge in [0.25, 0.3) is 5.69 Å². The second-order valence-electron chi connectivity index (χ2n) is 12.3. The highest BCUT2D eigenvalue weighted by Crippen LogP contribution is 2.57. The minimum atomic E-state index is -3.65. The first-order valence-electron chi connectivity index (χ1n) is 18.6. The van der Waals surface area contributed by atoms with Gasteiger partial charge in [0, 0.05) is 66.6 Å². The fourth-order valence-corrected chi connectivity index (χ4v) is 8.05. The van der Waals surface area contributed by atoms with Crippen molar-refractivity contribution < 1.29 is 37.2 Å².